The Kier molecular flexibility index (Phi) is 5.35. The minimum Gasteiger partial charge on any atom is -0.496 e. The lowest BCUT2D eigenvalue weighted by molar-refractivity contribution is -0.384. The van der Waals surface area contributed by atoms with Crippen molar-refractivity contribution in [3.05, 3.63) is 63.7 Å². The smallest absolute Gasteiger partial charge is 0.342 e. The normalized spacial score (nSPS) is 12.9. The maximum Gasteiger partial charge on any atom is 0.342 e. The molecular weight excluding hydrogens is 352 g/mol. The van der Waals surface area contributed by atoms with Gasteiger partial charge in [0.15, 0.2) is 6.61 Å². The molecule has 1 heterocycles. The van der Waals surface area contributed by atoms with Crippen LogP contribution in [0, 0.1) is 10.1 Å². The number of fused-ring (bicyclic) bond motifs is 1. The van der Waals surface area contributed by atoms with E-state index >= 15 is 0 Å². The zero-order valence-corrected chi connectivity index (χ0v) is 14.7. The number of benzene rings is 2. The van der Waals surface area contributed by atoms with Crippen LogP contribution in [0.3, 0.4) is 0 Å². The van der Waals surface area contributed by atoms with Crippen molar-refractivity contribution in [2.75, 3.05) is 25.2 Å². The second-order valence-electron chi connectivity index (χ2n) is 6.00. The highest BCUT2D eigenvalue weighted by Gasteiger charge is 2.24. The third kappa shape index (κ3) is 3.89. The first-order valence-electron chi connectivity index (χ1n) is 8.39. The molecule has 8 heteroatoms. The molecule has 0 atom stereocenters. The standard InChI is InChI=1S/C19H18N2O6/c1-26-17-9-8-14(21(24)25)11-15(17)19(23)27-12-18(22)20-10-4-6-13-5-2-3-7-16(13)20/h2-3,5,7-9,11H,4,6,10,12H2,1H3. The molecule has 2 aromatic carbocycles. The Morgan fingerprint density at radius 2 is 2.00 bits per heavy atom. The Hall–Kier alpha value is -3.42. The lowest BCUT2D eigenvalue weighted by atomic mass is 10.0. The van der Waals surface area contributed by atoms with Crippen molar-refractivity contribution in [1.82, 2.24) is 0 Å². The van der Waals surface area contributed by atoms with E-state index in [-0.39, 0.29) is 22.9 Å². The van der Waals surface area contributed by atoms with Gasteiger partial charge in [-0.2, -0.15) is 0 Å². The molecule has 1 aliphatic rings. The molecule has 0 N–H and O–H groups in total. The molecule has 140 valence electrons. The largest absolute Gasteiger partial charge is 0.496 e. The monoisotopic (exact) mass is 370 g/mol. The first-order valence-corrected chi connectivity index (χ1v) is 8.39. The molecule has 1 amide bonds. The zero-order valence-electron chi connectivity index (χ0n) is 14.7. The summed E-state index contributed by atoms with van der Waals surface area (Å²) in [6.07, 6.45) is 1.72. The van der Waals surface area contributed by atoms with Gasteiger partial charge in [0.2, 0.25) is 0 Å². The summed E-state index contributed by atoms with van der Waals surface area (Å²) < 4.78 is 10.2. The van der Waals surface area contributed by atoms with Gasteiger partial charge in [0.1, 0.15) is 11.3 Å². The molecule has 0 saturated carbocycles. The molecule has 0 aliphatic carbocycles. The zero-order chi connectivity index (χ0) is 19.4. The number of carbonyl (C=O) groups is 2. The molecule has 8 nitrogen and oxygen atoms in total. The predicted octanol–water partition coefficient (Wildman–Crippen LogP) is 2.74. The van der Waals surface area contributed by atoms with Crippen molar-refractivity contribution in [2.24, 2.45) is 0 Å². The molecule has 0 saturated heterocycles. The van der Waals surface area contributed by atoms with Crippen molar-refractivity contribution >= 4 is 23.3 Å². The number of non-ortho nitro benzene ring substituents is 1. The lowest BCUT2D eigenvalue weighted by Gasteiger charge is -2.29. The summed E-state index contributed by atoms with van der Waals surface area (Å²) in [5.41, 5.74) is 1.53. The Labute approximate surface area is 155 Å². The Morgan fingerprint density at radius 3 is 2.74 bits per heavy atom. The summed E-state index contributed by atoms with van der Waals surface area (Å²) in [6.45, 7) is 0.0898. The number of rotatable bonds is 5. The number of methoxy groups -OCH3 is 1. The number of nitrogens with zero attached hydrogens (tertiary/aromatic N) is 2. The average Bonchev–Trinajstić information content (AvgIpc) is 2.70. The van der Waals surface area contributed by atoms with E-state index < -0.39 is 17.5 Å². The maximum absolute atomic E-state index is 12.5. The molecule has 0 bridgehead atoms. The molecule has 2 aromatic rings. The number of amides is 1. The highest BCUT2D eigenvalue weighted by atomic mass is 16.6. The van der Waals surface area contributed by atoms with Gasteiger partial charge in [-0.15, -0.1) is 0 Å². The number of anilines is 1. The fourth-order valence-electron chi connectivity index (χ4n) is 3.04. The van der Waals surface area contributed by atoms with Gasteiger partial charge in [-0.3, -0.25) is 14.9 Å². The van der Waals surface area contributed by atoms with Gasteiger partial charge >= 0.3 is 5.97 Å². The number of carbonyl (C=O) groups excluding carboxylic acids is 2. The molecule has 0 spiro atoms. The molecular formula is C19H18N2O6. The Balaban J connectivity index is 1.72. The topological polar surface area (TPSA) is 99.0 Å². The molecule has 1 aliphatic heterocycles. The minimum atomic E-state index is -0.853. The fourth-order valence-corrected chi connectivity index (χ4v) is 3.04. The summed E-state index contributed by atoms with van der Waals surface area (Å²) in [4.78, 5) is 36.8. The van der Waals surface area contributed by atoms with Gasteiger partial charge in [-0.25, -0.2) is 4.79 Å². The first kappa shape index (κ1) is 18.4. The first-order chi connectivity index (χ1) is 13.0. The molecule has 0 aromatic heterocycles. The van der Waals surface area contributed by atoms with Gasteiger partial charge in [-0.05, 0) is 30.5 Å². The highest BCUT2D eigenvalue weighted by molar-refractivity contribution is 5.99. The Bertz CT molecular complexity index is 896. The van der Waals surface area contributed by atoms with Gasteiger partial charge in [0.05, 0.1) is 12.0 Å². The number of nitro groups is 1. The van der Waals surface area contributed by atoms with Crippen molar-refractivity contribution < 1.29 is 24.0 Å². The van der Waals surface area contributed by atoms with Crippen LogP contribution in [-0.4, -0.2) is 37.1 Å². The van der Waals surface area contributed by atoms with Crippen LogP contribution in [0.1, 0.15) is 22.3 Å². The van der Waals surface area contributed by atoms with Gasteiger partial charge in [-0.1, -0.05) is 18.2 Å². The summed E-state index contributed by atoms with van der Waals surface area (Å²) in [7, 11) is 1.34. The second kappa shape index (κ2) is 7.86. The van der Waals surface area contributed by atoms with Gasteiger partial charge < -0.3 is 14.4 Å². The van der Waals surface area contributed by atoms with E-state index in [9.17, 15) is 19.7 Å². The molecule has 0 fully saturated rings. The fraction of sp³-hybridized carbons (Fsp3) is 0.263. The van der Waals surface area contributed by atoms with Gasteiger partial charge in [0.25, 0.3) is 11.6 Å². The van der Waals surface area contributed by atoms with E-state index in [1.54, 1.807) is 4.90 Å². The highest BCUT2D eigenvalue weighted by Crippen LogP contribution is 2.27. The van der Waals surface area contributed by atoms with Crippen LogP contribution < -0.4 is 9.64 Å². The third-order valence-electron chi connectivity index (χ3n) is 4.35. The van der Waals surface area contributed by atoms with Crippen molar-refractivity contribution in [3.8, 4) is 5.75 Å². The van der Waals surface area contributed by atoms with Crippen LogP contribution in [0.2, 0.25) is 0 Å². The minimum absolute atomic E-state index is 0.0986. The number of para-hydroxylation sites is 1. The second-order valence-corrected chi connectivity index (χ2v) is 6.00. The molecule has 0 unspecified atom stereocenters. The number of nitro benzene ring substituents is 1. The lowest BCUT2D eigenvalue weighted by Crippen LogP contribution is -2.38. The van der Waals surface area contributed by atoms with E-state index in [1.807, 2.05) is 24.3 Å². The molecule has 0 radical (unpaired) electrons. The predicted molar refractivity (Wildman–Crippen MR) is 97.0 cm³/mol. The van der Waals surface area contributed by atoms with Crippen LogP contribution in [0.4, 0.5) is 11.4 Å². The van der Waals surface area contributed by atoms with Crippen LogP contribution in [0.5, 0.6) is 5.75 Å². The third-order valence-corrected chi connectivity index (χ3v) is 4.35. The van der Waals surface area contributed by atoms with E-state index in [0.717, 1.165) is 30.2 Å². The SMILES string of the molecule is COc1ccc([N+](=O)[O-])cc1C(=O)OCC(=O)N1CCCc2ccccc21. The van der Waals surface area contributed by atoms with E-state index in [1.165, 1.54) is 19.2 Å². The quantitative estimate of drug-likeness (QED) is 0.456. The summed E-state index contributed by atoms with van der Waals surface area (Å²) in [6, 6.07) is 11.2. The van der Waals surface area contributed by atoms with Crippen LogP contribution in [0.15, 0.2) is 42.5 Å². The van der Waals surface area contributed by atoms with E-state index in [2.05, 4.69) is 0 Å². The van der Waals surface area contributed by atoms with Crippen molar-refractivity contribution in [3.63, 3.8) is 0 Å². The van der Waals surface area contributed by atoms with Crippen molar-refractivity contribution in [1.29, 1.82) is 0 Å². The van der Waals surface area contributed by atoms with Crippen LogP contribution >= 0.6 is 0 Å². The summed E-state index contributed by atoms with van der Waals surface area (Å²) >= 11 is 0. The van der Waals surface area contributed by atoms with E-state index in [4.69, 9.17) is 9.47 Å². The number of esters is 1. The van der Waals surface area contributed by atoms with Crippen LogP contribution in [0.25, 0.3) is 0 Å². The molecule has 3 rings (SSSR count). The van der Waals surface area contributed by atoms with E-state index in [0.29, 0.717) is 6.54 Å². The number of hydrogen-bond acceptors (Lipinski definition) is 6. The number of hydrogen-bond donors (Lipinski definition) is 0. The summed E-state index contributed by atoms with van der Waals surface area (Å²) in [5.74, 6) is -1.06. The van der Waals surface area contributed by atoms with Crippen molar-refractivity contribution in [2.45, 2.75) is 12.8 Å². The number of ether oxygens (including phenoxy) is 2. The molecule has 27 heavy (non-hydrogen) atoms. The van der Waals surface area contributed by atoms with Gasteiger partial charge in [0, 0.05) is 24.4 Å². The summed E-state index contributed by atoms with van der Waals surface area (Å²) in [5, 5.41) is 10.9. The average molecular weight is 370 g/mol. The Morgan fingerprint density at radius 1 is 1.22 bits per heavy atom. The number of aryl methyl sites for hydroxylation is 1. The maximum atomic E-state index is 12.5. The van der Waals surface area contributed by atoms with Crippen LogP contribution in [-0.2, 0) is 16.0 Å².